The van der Waals surface area contributed by atoms with E-state index in [1.54, 1.807) is 17.4 Å². The van der Waals surface area contributed by atoms with Gasteiger partial charge in [0.15, 0.2) is 0 Å². The van der Waals surface area contributed by atoms with Gasteiger partial charge in [0, 0.05) is 28.8 Å². The molecule has 3 aromatic rings. The fourth-order valence-corrected chi connectivity index (χ4v) is 6.90. The Morgan fingerprint density at radius 2 is 1.65 bits per heavy atom. The second kappa shape index (κ2) is 11.2. The lowest BCUT2D eigenvalue weighted by Crippen LogP contribution is -2.37. The number of esters is 1. The summed E-state index contributed by atoms with van der Waals surface area (Å²) in [4.78, 5) is 15.1. The van der Waals surface area contributed by atoms with Crippen LogP contribution in [0.3, 0.4) is 0 Å². The lowest BCUT2D eigenvalue weighted by atomic mass is 9.93. The van der Waals surface area contributed by atoms with E-state index >= 15 is 0 Å². The minimum atomic E-state index is -4.84. The van der Waals surface area contributed by atoms with Crippen molar-refractivity contribution in [2.45, 2.75) is 70.4 Å². The zero-order chi connectivity index (χ0) is 28.7. The number of nitrogens with one attached hydrogen (secondary N) is 1. The van der Waals surface area contributed by atoms with Gasteiger partial charge in [-0.15, -0.1) is 11.3 Å². The fraction of sp³-hybridized carbons (Fsp3) is 0.433. The van der Waals surface area contributed by atoms with Crippen molar-refractivity contribution in [2.75, 3.05) is 0 Å². The van der Waals surface area contributed by atoms with Crippen molar-refractivity contribution in [3.8, 4) is 5.75 Å². The van der Waals surface area contributed by atoms with Crippen LogP contribution in [0.2, 0.25) is 0 Å². The van der Waals surface area contributed by atoms with Crippen LogP contribution < -0.4 is 10.1 Å². The SMILES string of the molecule is Cc1ccc(CN[C@H]2[C@@H]3CC[C@H]2Cc2ccc(OC(=O)CCc4cc(C(F)(F)F)ccc4C(F)(F)F)cc2C3)s1. The van der Waals surface area contributed by atoms with Crippen molar-refractivity contribution in [1.29, 1.82) is 0 Å². The molecule has 3 nitrogen and oxygen atoms in total. The van der Waals surface area contributed by atoms with Crippen LogP contribution in [0.5, 0.6) is 5.75 Å². The summed E-state index contributed by atoms with van der Waals surface area (Å²) in [6, 6.07) is 11.4. The second-order valence-corrected chi connectivity index (χ2v) is 12.1. The summed E-state index contributed by atoms with van der Waals surface area (Å²) < 4.78 is 84.7. The van der Waals surface area contributed by atoms with Gasteiger partial charge in [0.25, 0.3) is 0 Å². The smallest absolute Gasteiger partial charge is 0.416 e. The molecule has 1 heterocycles. The van der Waals surface area contributed by atoms with Crippen LogP contribution in [0.1, 0.15) is 56.8 Å². The third-order valence-electron chi connectivity index (χ3n) is 7.94. The maximum Gasteiger partial charge on any atom is 0.416 e. The molecule has 1 N–H and O–H groups in total. The van der Waals surface area contributed by atoms with Crippen molar-refractivity contribution < 1.29 is 35.9 Å². The van der Waals surface area contributed by atoms with Crippen molar-refractivity contribution in [3.05, 3.63) is 86.1 Å². The third-order valence-corrected chi connectivity index (χ3v) is 8.94. The molecule has 1 aromatic heterocycles. The van der Waals surface area contributed by atoms with Gasteiger partial charge in [-0.3, -0.25) is 4.79 Å². The summed E-state index contributed by atoms with van der Waals surface area (Å²) in [6.07, 6.45) is -6.64. The normalized spacial score (nSPS) is 20.7. The lowest BCUT2D eigenvalue weighted by molar-refractivity contribution is -0.142. The molecular formula is C30H29F6NO2S. The number of thiophene rings is 1. The Bertz CT molecular complexity index is 1380. The van der Waals surface area contributed by atoms with Crippen molar-refractivity contribution in [2.24, 2.45) is 11.8 Å². The second-order valence-electron chi connectivity index (χ2n) is 10.7. The Morgan fingerprint density at radius 1 is 0.925 bits per heavy atom. The maximum absolute atomic E-state index is 13.4. The number of ether oxygens (including phenoxy) is 1. The highest BCUT2D eigenvalue weighted by Gasteiger charge is 2.39. The number of rotatable bonds is 7. The molecule has 0 amide bonds. The van der Waals surface area contributed by atoms with E-state index in [-0.39, 0.29) is 0 Å². The molecule has 0 aliphatic heterocycles. The van der Waals surface area contributed by atoms with Gasteiger partial charge < -0.3 is 10.1 Å². The van der Waals surface area contributed by atoms with Crippen LogP contribution in [0.4, 0.5) is 26.3 Å². The molecular weight excluding hydrogens is 552 g/mol. The van der Waals surface area contributed by atoms with E-state index in [0.29, 0.717) is 41.8 Å². The minimum Gasteiger partial charge on any atom is -0.427 e. The predicted octanol–water partition coefficient (Wildman–Crippen LogP) is 7.92. The van der Waals surface area contributed by atoms with Crippen molar-refractivity contribution in [1.82, 2.24) is 5.32 Å². The Balaban J connectivity index is 1.23. The number of hydrogen-bond donors (Lipinski definition) is 1. The van der Waals surface area contributed by atoms with Crippen LogP contribution in [0.25, 0.3) is 0 Å². The zero-order valence-corrected chi connectivity index (χ0v) is 22.6. The molecule has 0 saturated heterocycles. The highest BCUT2D eigenvalue weighted by Crippen LogP contribution is 2.41. The summed E-state index contributed by atoms with van der Waals surface area (Å²) in [6.45, 7) is 2.92. The van der Waals surface area contributed by atoms with Gasteiger partial charge in [-0.25, -0.2) is 0 Å². The molecule has 1 saturated carbocycles. The number of halogens is 6. The fourth-order valence-electron chi connectivity index (χ4n) is 6.05. The Kier molecular flexibility index (Phi) is 8.03. The molecule has 2 aliphatic carbocycles. The van der Waals surface area contributed by atoms with Gasteiger partial charge in [0.2, 0.25) is 0 Å². The Hall–Kier alpha value is -2.85. The van der Waals surface area contributed by atoms with Crippen LogP contribution in [0.15, 0.2) is 48.5 Å². The first-order chi connectivity index (χ1) is 18.9. The van der Waals surface area contributed by atoms with Crippen molar-refractivity contribution in [3.63, 3.8) is 0 Å². The van der Waals surface area contributed by atoms with E-state index in [1.165, 1.54) is 15.3 Å². The number of hydrogen-bond acceptors (Lipinski definition) is 4. The number of carbonyl (C=O) groups is 1. The summed E-state index contributed by atoms with van der Waals surface area (Å²) in [5.41, 5.74) is -0.681. The monoisotopic (exact) mass is 581 g/mol. The number of aryl methyl sites for hydroxylation is 2. The van der Waals surface area contributed by atoms with Gasteiger partial charge in [0.05, 0.1) is 11.1 Å². The topological polar surface area (TPSA) is 38.3 Å². The largest absolute Gasteiger partial charge is 0.427 e. The molecule has 3 atom stereocenters. The van der Waals surface area contributed by atoms with Crippen LogP contribution in [-0.2, 0) is 43.0 Å². The van der Waals surface area contributed by atoms with Gasteiger partial charge >= 0.3 is 18.3 Å². The van der Waals surface area contributed by atoms with Gasteiger partial charge in [-0.2, -0.15) is 26.3 Å². The first-order valence-corrected chi connectivity index (χ1v) is 14.1. The van der Waals surface area contributed by atoms with E-state index in [0.717, 1.165) is 37.8 Å². The zero-order valence-electron chi connectivity index (χ0n) is 21.8. The van der Waals surface area contributed by atoms with Crippen LogP contribution in [-0.4, -0.2) is 12.0 Å². The molecule has 214 valence electrons. The number of fused-ring (bicyclic) bond motifs is 3. The molecule has 2 aliphatic rings. The summed E-state index contributed by atoms with van der Waals surface area (Å²) in [5.74, 6) is 0.447. The Labute approximate surface area is 232 Å². The van der Waals surface area contributed by atoms with E-state index in [2.05, 4.69) is 24.4 Å². The summed E-state index contributed by atoms with van der Waals surface area (Å²) >= 11 is 1.79. The number of alkyl halides is 6. The molecule has 1 fully saturated rings. The average molecular weight is 582 g/mol. The maximum atomic E-state index is 13.4. The van der Waals surface area contributed by atoms with E-state index in [4.69, 9.17) is 4.74 Å². The number of carbonyl (C=O) groups excluding carboxylic acids is 1. The number of benzene rings is 2. The van der Waals surface area contributed by atoms with Gasteiger partial charge in [-0.05, 0) is 110 Å². The molecule has 40 heavy (non-hydrogen) atoms. The van der Waals surface area contributed by atoms with Crippen LogP contribution in [0, 0.1) is 18.8 Å². The van der Waals surface area contributed by atoms with Crippen molar-refractivity contribution >= 4 is 17.3 Å². The van der Waals surface area contributed by atoms with Gasteiger partial charge in [-0.1, -0.05) is 6.07 Å². The quantitative estimate of drug-likeness (QED) is 0.175. The molecule has 0 unspecified atom stereocenters. The lowest BCUT2D eigenvalue weighted by Gasteiger charge is -2.23. The first kappa shape index (κ1) is 28.7. The van der Waals surface area contributed by atoms with Gasteiger partial charge in [0.1, 0.15) is 5.75 Å². The van der Waals surface area contributed by atoms with E-state index in [1.807, 2.05) is 12.1 Å². The van der Waals surface area contributed by atoms with E-state index < -0.39 is 47.9 Å². The predicted molar refractivity (Wildman–Crippen MR) is 140 cm³/mol. The average Bonchev–Trinajstić information content (AvgIpc) is 3.41. The standard InChI is InChI=1S/C30H29F6NO2S/c1-17-2-9-25(40-17)16-37-28-20-3-4-21(28)13-22-15-24(8-5-18(22)12-20)39-27(38)11-6-19-14-23(29(31,32)33)7-10-26(19)30(34,35)36/h2,5,7-10,14-15,20-21,28,37H,3-4,6,11-13,16H2,1H3/t20-,21+,28+/m0/s1. The molecule has 2 aromatic carbocycles. The summed E-state index contributed by atoms with van der Waals surface area (Å²) in [7, 11) is 0. The summed E-state index contributed by atoms with van der Waals surface area (Å²) in [5, 5.41) is 3.77. The molecule has 0 radical (unpaired) electrons. The molecule has 5 rings (SSSR count). The first-order valence-electron chi connectivity index (χ1n) is 13.3. The highest BCUT2D eigenvalue weighted by atomic mass is 32.1. The van der Waals surface area contributed by atoms with Crippen LogP contribution >= 0.6 is 11.3 Å². The third kappa shape index (κ3) is 6.54. The highest BCUT2D eigenvalue weighted by molar-refractivity contribution is 7.11. The Morgan fingerprint density at radius 3 is 2.30 bits per heavy atom. The molecule has 2 bridgehead atoms. The molecule has 10 heteroatoms. The van der Waals surface area contributed by atoms with E-state index in [9.17, 15) is 31.1 Å². The molecule has 0 spiro atoms. The minimum absolute atomic E-state index is 0.292.